The summed E-state index contributed by atoms with van der Waals surface area (Å²) in [6, 6.07) is -0.541. The van der Waals surface area contributed by atoms with Crippen LogP contribution in [-0.2, 0) is 14.3 Å². The number of hydrogen-bond acceptors (Lipinski definition) is 5. The lowest BCUT2D eigenvalue weighted by Crippen LogP contribution is -2.45. The number of esters is 1. The van der Waals surface area contributed by atoms with Gasteiger partial charge in [-0.2, -0.15) is 0 Å². The Bertz CT molecular complexity index is 1110. The molecule has 420 valence electrons. The van der Waals surface area contributed by atoms with Crippen LogP contribution in [0.15, 0.2) is 24.3 Å². The summed E-state index contributed by atoms with van der Waals surface area (Å²) in [6.07, 6.45) is 74.9. The number of amides is 1. The molecular weight excluding hydrogens is 875 g/mol. The van der Waals surface area contributed by atoms with E-state index >= 15 is 0 Å². The molecule has 0 aromatic rings. The number of aliphatic hydroxyl groups is 2. The van der Waals surface area contributed by atoms with Crippen molar-refractivity contribution in [1.29, 1.82) is 0 Å². The third-order valence-electron chi connectivity index (χ3n) is 15.0. The Morgan fingerprint density at radius 1 is 0.380 bits per heavy atom. The molecule has 0 rings (SSSR count). The van der Waals surface area contributed by atoms with Crippen LogP contribution in [0.5, 0.6) is 0 Å². The SMILES string of the molecule is CCCCCCCC/C=C\CCCCCCCC(=O)OCCCCCCCCCCCCCC/C=C\CCCCCCCCCCCCCC(=O)NC(CO)C(O)CCCCCCCCCCCCCC. The van der Waals surface area contributed by atoms with Crippen molar-refractivity contribution in [2.75, 3.05) is 13.2 Å². The van der Waals surface area contributed by atoms with Crippen molar-refractivity contribution in [3.8, 4) is 0 Å². The topological polar surface area (TPSA) is 95.9 Å². The Morgan fingerprint density at radius 2 is 0.662 bits per heavy atom. The summed E-state index contributed by atoms with van der Waals surface area (Å²) in [5.41, 5.74) is 0. The van der Waals surface area contributed by atoms with Crippen molar-refractivity contribution in [3.05, 3.63) is 24.3 Å². The van der Waals surface area contributed by atoms with Gasteiger partial charge in [0.05, 0.1) is 25.4 Å². The minimum absolute atomic E-state index is 0.00749. The third-order valence-corrected chi connectivity index (χ3v) is 15.0. The zero-order valence-corrected chi connectivity index (χ0v) is 48.0. The number of aliphatic hydroxyl groups excluding tert-OH is 2. The molecule has 0 aliphatic heterocycles. The van der Waals surface area contributed by atoms with E-state index in [2.05, 4.69) is 43.5 Å². The van der Waals surface area contributed by atoms with Crippen molar-refractivity contribution >= 4 is 11.9 Å². The van der Waals surface area contributed by atoms with Gasteiger partial charge < -0.3 is 20.3 Å². The molecule has 6 heteroatoms. The van der Waals surface area contributed by atoms with Gasteiger partial charge in [-0.05, 0) is 77.0 Å². The molecule has 3 N–H and O–H groups in total. The molecule has 0 aromatic carbocycles. The van der Waals surface area contributed by atoms with E-state index in [1.807, 2.05) is 0 Å². The fourth-order valence-corrected chi connectivity index (χ4v) is 10.0. The first-order valence-corrected chi connectivity index (χ1v) is 32.1. The quantitative estimate of drug-likeness (QED) is 0.0320. The van der Waals surface area contributed by atoms with Crippen LogP contribution in [0.2, 0.25) is 0 Å². The number of rotatable bonds is 60. The highest BCUT2D eigenvalue weighted by Gasteiger charge is 2.20. The molecule has 0 saturated heterocycles. The van der Waals surface area contributed by atoms with Crippen LogP contribution in [0.4, 0.5) is 0 Å². The van der Waals surface area contributed by atoms with E-state index in [4.69, 9.17) is 4.74 Å². The lowest BCUT2D eigenvalue weighted by Gasteiger charge is -2.22. The molecule has 0 saturated carbocycles. The Balaban J connectivity index is 3.36. The molecule has 1 amide bonds. The van der Waals surface area contributed by atoms with Gasteiger partial charge in [0, 0.05) is 12.8 Å². The van der Waals surface area contributed by atoms with E-state index in [0.717, 1.165) is 44.9 Å². The summed E-state index contributed by atoms with van der Waals surface area (Å²) >= 11 is 0. The minimum atomic E-state index is -0.663. The predicted molar refractivity (Wildman–Crippen MR) is 310 cm³/mol. The van der Waals surface area contributed by atoms with Gasteiger partial charge in [-0.3, -0.25) is 9.59 Å². The second kappa shape index (κ2) is 60.9. The normalized spacial score (nSPS) is 12.7. The number of carbonyl (C=O) groups excluding carboxylic acids is 2. The standard InChI is InChI=1S/C65H125NO5/c1-3-5-7-9-11-13-15-17-31-35-39-43-47-51-55-59-65(70)71-60-56-52-48-44-40-36-33-30-28-26-24-22-20-18-19-21-23-25-27-29-32-34-38-42-46-50-54-58-64(69)66-62(61-67)63(68)57-53-49-45-41-37-16-14-12-10-8-6-4-2/h17-19,31,62-63,67-68H,3-16,20-30,32-61H2,1-2H3,(H,66,69)/b19-18-,31-17-. The number of hydrogen-bond donors (Lipinski definition) is 3. The highest BCUT2D eigenvalue weighted by atomic mass is 16.5. The van der Waals surface area contributed by atoms with Crippen molar-refractivity contribution in [1.82, 2.24) is 5.32 Å². The van der Waals surface area contributed by atoms with E-state index in [9.17, 15) is 19.8 Å². The van der Waals surface area contributed by atoms with E-state index in [1.54, 1.807) is 0 Å². The van der Waals surface area contributed by atoms with E-state index in [-0.39, 0.29) is 18.5 Å². The zero-order valence-electron chi connectivity index (χ0n) is 48.0. The fraction of sp³-hybridized carbons (Fsp3) is 0.908. The lowest BCUT2D eigenvalue weighted by molar-refractivity contribution is -0.143. The molecule has 0 spiro atoms. The van der Waals surface area contributed by atoms with E-state index < -0.39 is 12.1 Å². The molecular formula is C65H125NO5. The summed E-state index contributed by atoms with van der Waals surface area (Å²) in [5.74, 6) is -0.0276. The highest BCUT2D eigenvalue weighted by Crippen LogP contribution is 2.18. The summed E-state index contributed by atoms with van der Waals surface area (Å²) in [5, 5.41) is 23.2. The van der Waals surface area contributed by atoms with Crippen molar-refractivity contribution in [3.63, 3.8) is 0 Å². The second-order valence-electron chi connectivity index (χ2n) is 22.1. The number of ether oxygens (including phenoxy) is 1. The molecule has 6 nitrogen and oxygen atoms in total. The largest absolute Gasteiger partial charge is 0.466 e. The number of nitrogens with one attached hydrogen (secondary N) is 1. The molecule has 0 fully saturated rings. The number of carbonyl (C=O) groups is 2. The van der Waals surface area contributed by atoms with Gasteiger partial charge >= 0.3 is 5.97 Å². The third kappa shape index (κ3) is 57.5. The first-order valence-electron chi connectivity index (χ1n) is 32.1. The molecule has 0 aromatic heterocycles. The van der Waals surface area contributed by atoms with Crippen LogP contribution in [-0.4, -0.2) is 47.4 Å². The maximum atomic E-state index is 12.5. The van der Waals surface area contributed by atoms with E-state index in [1.165, 1.54) is 276 Å². The summed E-state index contributed by atoms with van der Waals surface area (Å²) in [6.45, 7) is 4.96. The number of unbranched alkanes of at least 4 members (excludes halogenated alkanes) is 45. The van der Waals surface area contributed by atoms with Gasteiger partial charge in [0.2, 0.25) is 5.91 Å². The Morgan fingerprint density at radius 3 is 1.00 bits per heavy atom. The van der Waals surface area contributed by atoms with Crippen LogP contribution in [0, 0.1) is 0 Å². The molecule has 2 unspecified atom stereocenters. The van der Waals surface area contributed by atoms with Gasteiger partial charge in [0.25, 0.3) is 0 Å². The fourth-order valence-electron chi connectivity index (χ4n) is 10.0. The van der Waals surface area contributed by atoms with Crippen LogP contribution >= 0.6 is 0 Å². The Hall–Kier alpha value is -1.66. The van der Waals surface area contributed by atoms with Crippen LogP contribution in [0.3, 0.4) is 0 Å². The molecule has 0 bridgehead atoms. The Kier molecular flexibility index (Phi) is 59.5. The molecule has 0 aliphatic carbocycles. The second-order valence-corrected chi connectivity index (χ2v) is 22.1. The Labute approximate surface area is 443 Å². The molecule has 2 atom stereocenters. The lowest BCUT2D eigenvalue weighted by atomic mass is 10.0. The van der Waals surface area contributed by atoms with Gasteiger partial charge in [-0.15, -0.1) is 0 Å². The van der Waals surface area contributed by atoms with Gasteiger partial charge in [0.15, 0.2) is 0 Å². The first kappa shape index (κ1) is 69.3. The van der Waals surface area contributed by atoms with Crippen molar-refractivity contribution in [2.45, 2.75) is 366 Å². The molecule has 71 heavy (non-hydrogen) atoms. The van der Waals surface area contributed by atoms with Crippen LogP contribution in [0.1, 0.15) is 354 Å². The van der Waals surface area contributed by atoms with Gasteiger partial charge in [-0.1, -0.05) is 289 Å². The van der Waals surface area contributed by atoms with Crippen LogP contribution < -0.4 is 5.32 Å². The smallest absolute Gasteiger partial charge is 0.305 e. The minimum Gasteiger partial charge on any atom is -0.466 e. The molecule has 0 radical (unpaired) electrons. The first-order chi connectivity index (χ1) is 35.0. The van der Waals surface area contributed by atoms with Crippen molar-refractivity contribution < 1.29 is 24.5 Å². The summed E-state index contributed by atoms with van der Waals surface area (Å²) in [4.78, 5) is 24.5. The average molecular weight is 1000 g/mol. The maximum absolute atomic E-state index is 12.5. The zero-order chi connectivity index (χ0) is 51.4. The molecule has 0 heterocycles. The van der Waals surface area contributed by atoms with Crippen molar-refractivity contribution in [2.24, 2.45) is 0 Å². The summed E-state index contributed by atoms with van der Waals surface area (Å²) in [7, 11) is 0. The van der Waals surface area contributed by atoms with Gasteiger partial charge in [-0.25, -0.2) is 0 Å². The average Bonchev–Trinajstić information content (AvgIpc) is 3.37. The van der Waals surface area contributed by atoms with Gasteiger partial charge in [0.1, 0.15) is 0 Å². The monoisotopic (exact) mass is 1000 g/mol. The molecule has 0 aliphatic rings. The summed E-state index contributed by atoms with van der Waals surface area (Å²) < 4.78 is 5.48. The number of allylic oxidation sites excluding steroid dienone is 4. The predicted octanol–water partition coefficient (Wildman–Crippen LogP) is 20.2. The van der Waals surface area contributed by atoms with E-state index in [0.29, 0.717) is 25.9 Å². The highest BCUT2D eigenvalue weighted by molar-refractivity contribution is 5.76. The van der Waals surface area contributed by atoms with Crippen LogP contribution in [0.25, 0.3) is 0 Å². The maximum Gasteiger partial charge on any atom is 0.305 e.